The van der Waals surface area contributed by atoms with Gasteiger partial charge in [-0.2, -0.15) is 0 Å². The molecule has 0 aliphatic carbocycles. The zero-order chi connectivity index (χ0) is 22.7. The fourth-order valence-corrected chi connectivity index (χ4v) is 4.38. The summed E-state index contributed by atoms with van der Waals surface area (Å²) >= 11 is 0. The van der Waals surface area contributed by atoms with Crippen molar-refractivity contribution in [1.82, 2.24) is 9.97 Å². The summed E-state index contributed by atoms with van der Waals surface area (Å²) in [6.45, 7) is 0. The maximum absolute atomic E-state index is 4.99. The van der Waals surface area contributed by atoms with Crippen LogP contribution in [0.3, 0.4) is 0 Å². The van der Waals surface area contributed by atoms with Gasteiger partial charge in [-0.05, 0) is 34.7 Å². The number of aromatic nitrogens is 2. The minimum atomic E-state index is 0.969. The standard InChI is InChI=1S/C32H22N2/c1-3-10-25(11-4-1)30-21-28(22-31(34-30)26-12-5-2-6-13-26)23-15-17-27(18-16-23)32-29-14-8-7-9-24(29)19-20-33-32/h1-22H. The van der Waals surface area contributed by atoms with Gasteiger partial charge in [0, 0.05) is 28.3 Å². The van der Waals surface area contributed by atoms with Crippen molar-refractivity contribution in [2.75, 3.05) is 0 Å². The highest BCUT2D eigenvalue weighted by Gasteiger charge is 2.10. The topological polar surface area (TPSA) is 25.8 Å². The predicted molar refractivity (Wildman–Crippen MR) is 141 cm³/mol. The van der Waals surface area contributed by atoms with Gasteiger partial charge in [0.1, 0.15) is 0 Å². The minimum absolute atomic E-state index is 0.969. The Morgan fingerprint density at radius 2 is 0.971 bits per heavy atom. The number of fused-ring (bicyclic) bond motifs is 1. The highest BCUT2D eigenvalue weighted by molar-refractivity contribution is 5.94. The van der Waals surface area contributed by atoms with Crippen molar-refractivity contribution in [2.24, 2.45) is 0 Å². The van der Waals surface area contributed by atoms with Crippen LogP contribution in [0, 0.1) is 0 Å². The molecule has 0 aliphatic rings. The summed E-state index contributed by atoms with van der Waals surface area (Å²) < 4.78 is 0. The maximum atomic E-state index is 4.99. The van der Waals surface area contributed by atoms with Gasteiger partial charge >= 0.3 is 0 Å². The van der Waals surface area contributed by atoms with E-state index in [1.54, 1.807) is 0 Å². The molecule has 6 rings (SSSR count). The van der Waals surface area contributed by atoms with Crippen LogP contribution in [0.15, 0.2) is 134 Å². The van der Waals surface area contributed by atoms with Gasteiger partial charge in [-0.3, -0.25) is 4.98 Å². The molecule has 160 valence electrons. The van der Waals surface area contributed by atoms with E-state index in [0.717, 1.165) is 44.9 Å². The van der Waals surface area contributed by atoms with Crippen LogP contribution in [0.25, 0.3) is 55.7 Å². The number of nitrogens with zero attached hydrogens (tertiary/aromatic N) is 2. The maximum Gasteiger partial charge on any atom is 0.0780 e. The lowest BCUT2D eigenvalue weighted by atomic mass is 9.97. The second kappa shape index (κ2) is 8.76. The third-order valence-electron chi connectivity index (χ3n) is 6.13. The first-order chi connectivity index (χ1) is 16.8. The summed E-state index contributed by atoms with van der Waals surface area (Å²) in [6, 6.07) is 44.2. The van der Waals surface area contributed by atoms with Crippen molar-refractivity contribution in [3.8, 4) is 44.9 Å². The average Bonchev–Trinajstić information content (AvgIpc) is 2.93. The van der Waals surface area contributed by atoms with Gasteiger partial charge in [0.25, 0.3) is 0 Å². The summed E-state index contributed by atoms with van der Waals surface area (Å²) in [5.41, 5.74) is 8.58. The van der Waals surface area contributed by atoms with Crippen LogP contribution in [0.5, 0.6) is 0 Å². The smallest absolute Gasteiger partial charge is 0.0780 e. The first-order valence-electron chi connectivity index (χ1n) is 11.4. The van der Waals surface area contributed by atoms with Crippen LogP contribution in [-0.4, -0.2) is 9.97 Å². The first-order valence-corrected chi connectivity index (χ1v) is 11.4. The quantitative estimate of drug-likeness (QED) is 0.279. The van der Waals surface area contributed by atoms with E-state index < -0.39 is 0 Å². The molecule has 6 aromatic rings. The Kier molecular flexibility index (Phi) is 5.17. The summed E-state index contributed by atoms with van der Waals surface area (Å²) in [7, 11) is 0. The number of hydrogen-bond donors (Lipinski definition) is 0. The van der Waals surface area contributed by atoms with E-state index in [-0.39, 0.29) is 0 Å². The Labute approximate surface area is 199 Å². The van der Waals surface area contributed by atoms with Gasteiger partial charge in [-0.1, -0.05) is 109 Å². The van der Waals surface area contributed by atoms with E-state index >= 15 is 0 Å². The zero-order valence-corrected chi connectivity index (χ0v) is 18.6. The fraction of sp³-hybridized carbons (Fsp3) is 0. The summed E-state index contributed by atoms with van der Waals surface area (Å²) in [6.07, 6.45) is 1.88. The molecule has 2 aromatic heterocycles. The molecule has 0 spiro atoms. The molecule has 0 radical (unpaired) electrons. The molecule has 0 aliphatic heterocycles. The number of rotatable bonds is 4. The van der Waals surface area contributed by atoms with Crippen molar-refractivity contribution in [3.63, 3.8) is 0 Å². The molecule has 2 nitrogen and oxygen atoms in total. The lowest BCUT2D eigenvalue weighted by Crippen LogP contribution is -1.91. The molecule has 0 fully saturated rings. The number of benzene rings is 4. The van der Waals surface area contributed by atoms with E-state index in [0.29, 0.717) is 0 Å². The van der Waals surface area contributed by atoms with Gasteiger partial charge in [0.15, 0.2) is 0 Å². The Morgan fingerprint density at radius 3 is 1.62 bits per heavy atom. The lowest BCUT2D eigenvalue weighted by molar-refractivity contribution is 1.32. The monoisotopic (exact) mass is 434 g/mol. The van der Waals surface area contributed by atoms with Crippen LogP contribution >= 0.6 is 0 Å². The first kappa shape index (κ1) is 20.1. The molecule has 2 heteroatoms. The van der Waals surface area contributed by atoms with E-state index in [1.807, 2.05) is 18.3 Å². The highest BCUT2D eigenvalue weighted by Crippen LogP contribution is 2.32. The molecule has 34 heavy (non-hydrogen) atoms. The largest absolute Gasteiger partial charge is 0.256 e. The van der Waals surface area contributed by atoms with Crippen molar-refractivity contribution < 1.29 is 0 Å². The van der Waals surface area contributed by atoms with Gasteiger partial charge < -0.3 is 0 Å². The third kappa shape index (κ3) is 3.87. The Morgan fingerprint density at radius 1 is 0.412 bits per heavy atom. The van der Waals surface area contributed by atoms with Gasteiger partial charge in [-0.15, -0.1) is 0 Å². The predicted octanol–water partition coefficient (Wildman–Crippen LogP) is 8.30. The third-order valence-corrected chi connectivity index (χ3v) is 6.13. The zero-order valence-electron chi connectivity index (χ0n) is 18.6. The molecule has 4 aromatic carbocycles. The molecular formula is C32H22N2. The van der Waals surface area contributed by atoms with Crippen LogP contribution in [-0.2, 0) is 0 Å². The molecule has 0 unspecified atom stereocenters. The molecule has 0 saturated heterocycles. The SMILES string of the molecule is c1ccc(-c2cc(-c3ccc(-c4nccc5ccccc45)cc3)cc(-c3ccccc3)n2)cc1. The number of hydrogen-bond acceptors (Lipinski definition) is 2. The average molecular weight is 435 g/mol. The van der Waals surface area contributed by atoms with E-state index in [9.17, 15) is 0 Å². The second-order valence-corrected chi connectivity index (χ2v) is 8.32. The fourth-order valence-electron chi connectivity index (χ4n) is 4.38. The summed E-state index contributed by atoms with van der Waals surface area (Å²) in [5.74, 6) is 0. The Bertz CT molecular complexity index is 1510. The van der Waals surface area contributed by atoms with E-state index in [2.05, 4.69) is 120 Å². The molecule has 0 amide bonds. The van der Waals surface area contributed by atoms with Gasteiger partial charge in [0.05, 0.1) is 17.1 Å². The van der Waals surface area contributed by atoms with Gasteiger partial charge in [0.2, 0.25) is 0 Å². The second-order valence-electron chi connectivity index (χ2n) is 8.32. The summed E-state index contributed by atoms with van der Waals surface area (Å²) in [4.78, 5) is 9.67. The van der Waals surface area contributed by atoms with Crippen LogP contribution in [0.4, 0.5) is 0 Å². The minimum Gasteiger partial charge on any atom is -0.256 e. The molecular weight excluding hydrogens is 412 g/mol. The highest BCUT2D eigenvalue weighted by atomic mass is 14.7. The van der Waals surface area contributed by atoms with Crippen LogP contribution in [0.1, 0.15) is 0 Å². The van der Waals surface area contributed by atoms with E-state index in [1.165, 1.54) is 10.8 Å². The molecule has 0 atom stereocenters. The summed E-state index contributed by atoms with van der Waals surface area (Å²) in [5, 5.41) is 2.37. The molecule has 0 bridgehead atoms. The van der Waals surface area contributed by atoms with Crippen molar-refractivity contribution in [2.45, 2.75) is 0 Å². The van der Waals surface area contributed by atoms with Crippen molar-refractivity contribution in [1.29, 1.82) is 0 Å². The van der Waals surface area contributed by atoms with Crippen molar-refractivity contribution >= 4 is 10.8 Å². The Balaban J connectivity index is 1.45. The molecule has 2 heterocycles. The number of pyridine rings is 2. The van der Waals surface area contributed by atoms with E-state index in [4.69, 9.17) is 4.98 Å². The normalized spacial score (nSPS) is 10.9. The Hall–Kier alpha value is -4.56. The van der Waals surface area contributed by atoms with Crippen molar-refractivity contribution in [3.05, 3.63) is 134 Å². The van der Waals surface area contributed by atoms with Gasteiger partial charge in [-0.25, -0.2) is 4.98 Å². The lowest BCUT2D eigenvalue weighted by Gasteiger charge is -2.11. The van der Waals surface area contributed by atoms with Crippen LogP contribution < -0.4 is 0 Å². The van der Waals surface area contributed by atoms with Crippen LogP contribution in [0.2, 0.25) is 0 Å². The molecule has 0 saturated carbocycles. The molecule has 0 N–H and O–H groups in total.